The highest BCUT2D eigenvalue weighted by molar-refractivity contribution is 5.51. The Morgan fingerprint density at radius 2 is 1.84 bits per heavy atom. The molecule has 0 aliphatic carbocycles. The van der Waals surface area contributed by atoms with Crippen LogP contribution in [0.1, 0.15) is 5.56 Å². The van der Waals surface area contributed by atoms with Gasteiger partial charge >= 0.3 is 0 Å². The molecule has 19 heavy (non-hydrogen) atoms. The van der Waals surface area contributed by atoms with Gasteiger partial charge in [0.05, 0.1) is 34.0 Å². The topological polar surface area (TPSA) is 49.0 Å². The van der Waals surface area contributed by atoms with E-state index >= 15 is 0 Å². The molecule has 1 aliphatic rings. The van der Waals surface area contributed by atoms with Gasteiger partial charge in [0, 0.05) is 37.2 Å². The van der Waals surface area contributed by atoms with Crippen LogP contribution in [0.2, 0.25) is 0 Å². The summed E-state index contributed by atoms with van der Waals surface area (Å²) in [6.07, 6.45) is 0.897. The van der Waals surface area contributed by atoms with E-state index in [9.17, 15) is 0 Å². The molecule has 1 fully saturated rings. The van der Waals surface area contributed by atoms with Gasteiger partial charge in [-0.2, -0.15) is 0 Å². The average Bonchev–Trinajstić information content (AvgIpc) is 2.48. The molecule has 5 heteroatoms. The number of hydrogen-bond acceptors (Lipinski definition) is 5. The molecule has 1 saturated heterocycles. The summed E-state index contributed by atoms with van der Waals surface area (Å²) in [6.45, 7) is 2.50. The van der Waals surface area contributed by atoms with Crippen molar-refractivity contribution in [3.63, 3.8) is 0 Å². The van der Waals surface area contributed by atoms with Gasteiger partial charge in [-0.3, -0.25) is 0 Å². The summed E-state index contributed by atoms with van der Waals surface area (Å²) in [5.41, 5.74) is 1.01. The quantitative estimate of drug-likeness (QED) is 0.870. The summed E-state index contributed by atoms with van der Waals surface area (Å²) < 4.78 is 21.8. The van der Waals surface area contributed by atoms with Crippen molar-refractivity contribution in [1.82, 2.24) is 5.32 Å². The van der Waals surface area contributed by atoms with E-state index < -0.39 is 0 Å². The van der Waals surface area contributed by atoms with E-state index in [1.54, 1.807) is 21.3 Å². The van der Waals surface area contributed by atoms with Crippen molar-refractivity contribution in [2.75, 3.05) is 41.0 Å². The molecule has 0 aromatic heterocycles. The normalized spacial score (nSPS) is 19.0. The zero-order chi connectivity index (χ0) is 13.7. The van der Waals surface area contributed by atoms with E-state index in [0.29, 0.717) is 0 Å². The zero-order valence-electron chi connectivity index (χ0n) is 11.7. The summed E-state index contributed by atoms with van der Waals surface area (Å²) >= 11 is 0. The van der Waals surface area contributed by atoms with Gasteiger partial charge in [0.25, 0.3) is 0 Å². The molecule has 0 amide bonds. The van der Waals surface area contributed by atoms with Crippen LogP contribution >= 0.6 is 0 Å². The van der Waals surface area contributed by atoms with E-state index in [0.717, 1.165) is 48.9 Å². The van der Waals surface area contributed by atoms with Crippen LogP contribution in [-0.4, -0.2) is 47.1 Å². The van der Waals surface area contributed by atoms with Gasteiger partial charge in [-0.05, 0) is 0 Å². The molecule has 0 radical (unpaired) electrons. The van der Waals surface area contributed by atoms with Crippen LogP contribution in [0.25, 0.3) is 0 Å². The van der Waals surface area contributed by atoms with Gasteiger partial charge in [0.1, 0.15) is 17.2 Å². The summed E-state index contributed by atoms with van der Waals surface area (Å²) in [4.78, 5) is 0. The van der Waals surface area contributed by atoms with Gasteiger partial charge in [-0.1, -0.05) is 0 Å². The fourth-order valence-corrected chi connectivity index (χ4v) is 2.26. The Bertz CT molecular complexity index is 391. The number of ether oxygens (including phenoxy) is 4. The maximum atomic E-state index is 5.73. The Hall–Kier alpha value is -1.46. The van der Waals surface area contributed by atoms with Crippen molar-refractivity contribution < 1.29 is 18.9 Å². The van der Waals surface area contributed by atoms with Gasteiger partial charge in [-0.25, -0.2) is 0 Å². The van der Waals surface area contributed by atoms with Gasteiger partial charge in [0.15, 0.2) is 0 Å². The standard InChI is InChI=1S/C14H21NO4/c1-16-10-7-13(17-2)12(14(8-10)18-3)6-11-9-15-4-5-19-11/h7-8,11,15H,4-6,9H2,1-3H3. The van der Waals surface area contributed by atoms with E-state index in [-0.39, 0.29) is 6.10 Å². The third-order valence-corrected chi connectivity index (χ3v) is 3.25. The number of rotatable bonds is 5. The molecule has 1 aromatic carbocycles. The summed E-state index contributed by atoms with van der Waals surface area (Å²) in [5, 5.41) is 3.32. The van der Waals surface area contributed by atoms with Crippen molar-refractivity contribution >= 4 is 0 Å². The van der Waals surface area contributed by atoms with E-state index in [2.05, 4.69) is 5.32 Å². The van der Waals surface area contributed by atoms with Crippen LogP contribution in [0.15, 0.2) is 12.1 Å². The molecule has 1 aliphatic heterocycles. The highest BCUT2D eigenvalue weighted by Gasteiger charge is 2.20. The molecular weight excluding hydrogens is 246 g/mol. The molecule has 5 nitrogen and oxygen atoms in total. The van der Waals surface area contributed by atoms with Crippen LogP contribution in [0.5, 0.6) is 17.2 Å². The number of methoxy groups -OCH3 is 3. The second kappa shape index (κ2) is 6.63. The first-order chi connectivity index (χ1) is 9.28. The fourth-order valence-electron chi connectivity index (χ4n) is 2.26. The molecule has 2 rings (SSSR count). The minimum Gasteiger partial charge on any atom is -0.496 e. The molecule has 0 saturated carbocycles. The predicted octanol–water partition coefficient (Wildman–Crippen LogP) is 1.24. The highest BCUT2D eigenvalue weighted by atomic mass is 16.5. The Morgan fingerprint density at radius 1 is 1.16 bits per heavy atom. The molecule has 1 N–H and O–H groups in total. The third-order valence-electron chi connectivity index (χ3n) is 3.25. The number of hydrogen-bond donors (Lipinski definition) is 1. The molecule has 1 unspecified atom stereocenters. The maximum absolute atomic E-state index is 5.73. The van der Waals surface area contributed by atoms with Gasteiger partial charge in [-0.15, -0.1) is 0 Å². The number of benzene rings is 1. The summed E-state index contributed by atoms with van der Waals surface area (Å²) in [5.74, 6) is 2.26. The first-order valence-corrected chi connectivity index (χ1v) is 6.39. The van der Waals surface area contributed by atoms with Crippen molar-refractivity contribution in [3.05, 3.63) is 17.7 Å². The molecule has 1 heterocycles. The molecule has 0 spiro atoms. The second-order valence-corrected chi connectivity index (χ2v) is 4.41. The molecule has 1 aromatic rings. The van der Waals surface area contributed by atoms with Gasteiger partial charge < -0.3 is 24.3 Å². The molecule has 106 valence electrons. The zero-order valence-corrected chi connectivity index (χ0v) is 11.7. The minimum absolute atomic E-state index is 0.143. The first kappa shape index (κ1) is 14.0. The van der Waals surface area contributed by atoms with Crippen molar-refractivity contribution in [1.29, 1.82) is 0 Å². The number of nitrogens with one attached hydrogen (secondary N) is 1. The SMILES string of the molecule is COc1cc(OC)c(CC2CNCCO2)c(OC)c1. The van der Waals surface area contributed by atoms with Crippen molar-refractivity contribution in [3.8, 4) is 17.2 Å². The average molecular weight is 267 g/mol. The predicted molar refractivity (Wildman–Crippen MR) is 72.4 cm³/mol. The van der Waals surface area contributed by atoms with Gasteiger partial charge in [0.2, 0.25) is 0 Å². The third kappa shape index (κ3) is 3.30. The lowest BCUT2D eigenvalue weighted by Gasteiger charge is -2.25. The minimum atomic E-state index is 0.143. The van der Waals surface area contributed by atoms with E-state index in [4.69, 9.17) is 18.9 Å². The summed E-state index contributed by atoms with van der Waals surface area (Å²) in [7, 11) is 4.93. The lowest BCUT2D eigenvalue weighted by atomic mass is 10.0. The Kier molecular flexibility index (Phi) is 4.87. The number of morpholine rings is 1. The van der Waals surface area contributed by atoms with E-state index in [1.165, 1.54) is 0 Å². The Balaban J connectivity index is 2.25. The van der Waals surface area contributed by atoms with Crippen LogP contribution in [0.4, 0.5) is 0 Å². The Morgan fingerprint density at radius 3 is 2.32 bits per heavy atom. The van der Waals surface area contributed by atoms with Crippen LogP contribution < -0.4 is 19.5 Å². The Labute approximate surface area is 113 Å². The molecule has 0 bridgehead atoms. The van der Waals surface area contributed by atoms with Crippen molar-refractivity contribution in [2.45, 2.75) is 12.5 Å². The molecular formula is C14H21NO4. The monoisotopic (exact) mass is 267 g/mol. The smallest absolute Gasteiger partial charge is 0.129 e. The van der Waals surface area contributed by atoms with E-state index in [1.807, 2.05) is 12.1 Å². The second-order valence-electron chi connectivity index (χ2n) is 4.41. The van der Waals surface area contributed by atoms with Crippen LogP contribution in [-0.2, 0) is 11.2 Å². The largest absolute Gasteiger partial charge is 0.496 e. The first-order valence-electron chi connectivity index (χ1n) is 6.39. The molecule has 1 atom stereocenters. The van der Waals surface area contributed by atoms with Crippen LogP contribution in [0.3, 0.4) is 0 Å². The van der Waals surface area contributed by atoms with Crippen molar-refractivity contribution in [2.24, 2.45) is 0 Å². The lowest BCUT2D eigenvalue weighted by Crippen LogP contribution is -2.39. The fraction of sp³-hybridized carbons (Fsp3) is 0.571. The highest BCUT2D eigenvalue weighted by Crippen LogP contribution is 2.35. The lowest BCUT2D eigenvalue weighted by molar-refractivity contribution is 0.0285. The maximum Gasteiger partial charge on any atom is 0.129 e. The van der Waals surface area contributed by atoms with Crippen LogP contribution in [0, 0.1) is 0 Å². The summed E-state index contributed by atoms with van der Waals surface area (Å²) in [6, 6.07) is 3.74.